The third-order valence-corrected chi connectivity index (χ3v) is 6.14. The van der Waals surface area contributed by atoms with E-state index in [2.05, 4.69) is 41.7 Å². The van der Waals surface area contributed by atoms with E-state index in [1.165, 1.54) is 12.0 Å². The second kappa shape index (κ2) is 9.33. The lowest BCUT2D eigenvalue weighted by molar-refractivity contribution is -0.110. The van der Waals surface area contributed by atoms with Crippen LogP contribution in [0.5, 0.6) is 0 Å². The molecule has 3 unspecified atom stereocenters. The molecule has 1 fully saturated rings. The van der Waals surface area contributed by atoms with Crippen LogP contribution in [0.3, 0.4) is 0 Å². The molecular formula is C25H31N5O. The Morgan fingerprint density at radius 1 is 1.19 bits per heavy atom. The highest BCUT2D eigenvalue weighted by molar-refractivity contribution is 6.47. The molecule has 0 spiro atoms. The Morgan fingerprint density at radius 2 is 2.06 bits per heavy atom. The Labute approximate surface area is 184 Å². The number of hydrogen-bond donors (Lipinski definition) is 3. The second-order valence-electron chi connectivity index (χ2n) is 8.67. The Morgan fingerprint density at radius 3 is 2.77 bits per heavy atom. The second-order valence-corrected chi connectivity index (χ2v) is 8.67. The zero-order valence-corrected chi connectivity index (χ0v) is 18.4. The topological polar surface area (TPSA) is 77.9 Å². The number of hydrogen-bond acceptors (Lipinski definition) is 5. The van der Waals surface area contributed by atoms with Gasteiger partial charge in [-0.25, -0.2) is 4.99 Å². The largest absolute Gasteiger partial charge is 0.383 e. The van der Waals surface area contributed by atoms with Crippen LogP contribution in [0.15, 0.2) is 70.6 Å². The summed E-state index contributed by atoms with van der Waals surface area (Å²) < 4.78 is 0. The third-order valence-electron chi connectivity index (χ3n) is 6.14. The minimum absolute atomic E-state index is 0.0914. The normalized spacial score (nSPS) is 22.9. The number of rotatable bonds is 7. The molecular weight excluding hydrogens is 386 g/mol. The highest BCUT2D eigenvalue weighted by Gasteiger charge is 2.38. The number of benzene rings is 1. The van der Waals surface area contributed by atoms with Gasteiger partial charge >= 0.3 is 0 Å². The van der Waals surface area contributed by atoms with E-state index < -0.39 is 0 Å². The highest BCUT2D eigenvalue weighted by Crippen LogP contribution is 2.41. The minimum Gasteiger partial charge on any atom is -0.383 e. The first-order valence-electron chi connectivity index (χ1n) is 11.1. The molecule has 2 aliphatic heterocycles. The lowest BCUT2D eigenvalue weighted by atomic mass is 9.70. The van der Waals surface area contributed by atoms with E-state index in [1.54, 1.807) is 6.20 Å². The average molecular weight is 418 g/mol. The fraction of sp³-hybridized carbons (Fsp3) is 0.400. The van der Waals surface area contributed by atoms with Gasteiger partial charge in [-0.1, -0.05) is 37.6 Å². The van der Waals surface area contributed by atoms with Crippen LogP contribution < -0.4 is 16.0 Å². The predicted molar refractivity (Wildman–Crippen MR) is 127 cm³/mol. The smallest absolute Gasteiger partial charge is 0.273 e. The third kappa shape index (κ3) is 4.95. The van der Waals surface area contributed by atoms with E-state index in [9.17, 15) is 4.79 Å². The van der Waals surface area contributed by atoms with Crippen molar-refractivity contribution in [2.24, 2.45) is 21.8 Å². The van der Waals surface area contributed by atoms with E-state index in [-0.39, 0.29) is 18.0 Å². The molecule has 1 amide bonds. The number of nitrogens with zero attached hydrogens (tertiary/aromatic N) is 2. The summed E-state index contributed by atoms with van der Waals surface area (Å²) >= 11 is 0. The van der Waals surface area contributed by atoms with Gasteiger partial charge in [-0.2, -0.15) is 0 Å². The Hall–Kier alpha value is -3.15. The van der Waals surface area contributed by atoms with E-state index in [4.69, 9.17) is 4.99 Å². The van der Waals surface area contributed by atoms with E-state index in [0.717, 1.165) is 29.9 Å². The number of amidine groups is 1. The summed E-state index contributed by atoms with van der Waals surface area (Å²) in [6.45, 7) is 6.48. The maximum Gasteiger partial charge on any atom is 0.273 e. The molecule has 6 nitrogen and oxygen atoms in total. The number of nitrogens with one attached hydrogen (secondary N) is 3. The van der Waals surface area contributed by atoms with Crippen LogP contribution in [-0.2, 0) is 4.79 Å². The highest BCUT2D eigenvalue weighted by atomic mass is 16.1. The lowest BCUT2D eigenvalue weighted by Gasteiger charge is -2.40. The van der Waals surface area contributed by atoms with E-state index in [1.807, 2.05) is 48.8 Å². The summed E-state index contributed by atoms with van der Waals surface area (Å²) in [5, 5.41) is 9.53. The SMILES string of the molecule is CC(C)C1=CC(C(=O)Nc2cccc(C(C)NC=CNC3=NC=CC3)c2)=NC2CCC12. The molecule has 162 valence electrons. The van der Waals surface area contributed by atoms with E-state index >= 15 is 0 Å². The van der Waals surface area contributed by atoms with Crippen LogP contribution in [0.4, 0.5) is 5.69 Å². The molecule has 3 atom stereocenters. The zero-order valence-electron chi connectivity index (χ0n) is 18.4. The molecule has 1 aromatic rings. The molecule has 31 heavy (non-hydrogen) atoms. The molecule has 3 aliphatic rings. The van der Waals surface area contributed by atoms with Crippen molar-refractivity contribution in [1.82, 2.24) is 10.6 Å². The van der Waals surface area contributed by atoms with Crippen molar-refractivity contribution in [1.29, 1.82) is 0 Å². The molecule has 1 aromatic carbocycles. The summed E-state index contributed by atoms with van der Waals surface area (Å²) in [4.78, 5) is 21.8. The molecule has 0 bridgehead atoms. The van der Waals surface area contributed by atoms with Crippen LogP contribution >= 0.6 is 0 Å². The van der Waals surface area contributed by atoms with Gasteiger partial charge in [0.05, 0.1) is 6.04 Å². The molecule has 0 saturated heterocycles. The first-order chi connectivity index (χ1) is 15.0. The van der Waals surface area contributed by atoms with Crippen molar-refractivity contribution in [3.8, 4) is 0 Å². The summed E-state index contributed by atoms with van der Waals surface area (Å²) in [6.07, 6.45) is 12.6. The van der Waals surface area contributed by atoms with Gasteiger partial charge in [0.15, 0.2) is 0 Å². The first-order valence-corrected chi connectivity index (χ1v) is 11.1. The number of anilines is 1. The van der Waals surface area contributed by atoms with Gasteiger partial charge in [0, 0.05) is 42.7 Å². The number of aliphatic imine (C=N–C) groups is 2. The molecule has 3 N–H and O–H groups in total. The van der Waals surface area contributed by atoms with Gasteiger partial charge in [0.25, 0.3) is 5.91 Å². The predicted octanol–water partition coefficient (Wildman–Crippen LogP) is 4.47. The van der Waals surface area contributed by atoms with Crippen LogP contribution in [0, 0.1) is 11.8 Å². The van der Waals surface area contributed by atoms with Crippen LogP contribution in [0.25, 0.3) is 0 Å². The van der Waals surface area contributed by atoms with Crippen LogP contribution in [-0.4, -0.2) is 23.5 Å². The molecule has 1 saturated carbocycles. The fourth-order valence-corrected chi connectivity index (χ4v) is 4.19. The number of amides is 1. The van der Waals surface area contributed by atoms with Gasteiger partial charge in [0.1, 0.15) is 11.5 Å². The zero-order chi connectivity index (χ0) is 21.8. The molecule has 0 radical (unpaired) electrons. The van der Waals surface area contributed by atoms with Gasteiger partial charge in [0.2, 0.25) is 0 Å². The first kappa shape index (κ1) is 21.1. The number of carbonyl (C=O) groups excluding carboxylic acids is 1. The van der Waals surface area contributed by atoms with Crippen molar-refractivity contribution in [3.63, 3.8) is 0 Å². The molecule has 0 aromatic heterocycles. The van der Waals surface area contributed by atoms with Crippen LogP contribution in [0.1, 0.15) is 51.6 Å². The summed E-state index contributed by atoms with van der Waals surface area (Å²) in [7, 11) is 0. The summed E-state index contributed by atoms with van der Waals surface area (Å²) in [5.41, 5.74) is 3.79. The monoisotopic (exact) mass is 417 g/mol. The molecule has 6 heteroatoms. The summed E-state index contributed by atoms with van der Waals surface area (Å²) in [5.74, 6) is 1.78. The van der Waals surface area contributed by atoms with Gasteiger partial charge < -0.3 is 16.0 Å². The maximum absolute atomic E-state index is 12.9. The number of dihydropyridines is 1. The Bertz CT molecular complexity index is 985. The fourth-order valence-electron chi connectivity index (χ4n) is 4.19. The quantitative estimate of drug-likeness (QED) is 0.613. The molecule has 4 rings (SSSR count). The lowest BCUT2D eigenvalue weighted by Crippen LogP contribution is -2.39. The van der Waals surface area contributed by atoms with Crippen molar-refractivity contribution < 1.29 is 4.79 Å². The number of carbonyl (C=O) groups is 1. The Kier molecular flexibility index (Phi) is 6.35. The molecule has 2 heterocycles. The summed E-state index contributed by atoms with van der Waals surface area (Å²) in [6, 6.07) is 8.31. The average Bonchev–Trinajstić information content (AvgIpc) is 3.25. The van der Waals surface area contributed by atoms with Gasteiger partial charge in [-0.3, -0.25) is 9.79 Å². The van der Waals surface area contributed by atoms with Gasteiger partial charge in [-0.15, -0.1) is 0 Å². The molecule has 1 aliphatic carbocycles. The maximum atomic E-state index is 12.9. The van der Waals surface area contributed by atoms with Gasteiger partial charge in [-0.05, 0) is 49.5 Å². The Balaban J connectivity index is 1.36. The van der Waals surface area contributed by atoms with Crippen LogP contribution in [0.2, 0.25) is 0 Å². The minimum atomic E-state index is -0.128. The van der Waals surface area contributed by atoms with Crippen molar-refractivity contribution in [3.05, 3.63) is 66.2 Å². The number of fused-ring (bicyclic) bond motifs is 1. The van der Waals surface area contributed by atoms with Crippen molar-refractivity contribution >= 4 is 23.1 Å². The van der Waals surface area contributed by atoms with E-state index in [0.29, 0.717) is 17.5 Å². The van der Waals surface area contributed by atoms with Crippen molar-refractivity contribution in [2.45, 2.75) is 52.1 Å². The standard InChI is InChI=1S/C25H31N5O/c1-16(2)21-15-23(30-22-10-9-20(21)22)25(31)29-19-7-4-6-18(14-19)17(3)26-12-13-28-24-8-5-11-27-24/h4-7,11-17,20,22,26H,8-10H2,1-3H3,(H,27,28)(H,29,31). The van der Waals surface area contributed by atoms with Crippen molar-refractivity contribution in [2.75, 3.05) is 5.32 Å².